The van der Waals surface area contributed by atoms with E-state index in [9.17, 15) is 9.59 Å². The van der Waals surface area contributed by atoms with Gasteiger partial charge in [-0.3, -0.25) is 4.79 Å². The van der Waals surface area contributed by atoms with E-state index in [0.29, 0.717) is 13.1 Å². The number of aryl methyl sites for hydroxylation is 1. The van der Waals surface area contributed by atoms with Gasteiger partial charge >= 0.3 is 6.03 Å². The zero-order chi connectivity index (χ0) is 20.9. The highest BCUT2D eigenvalue weighted by Crippen LogP contribution is 2.28. The monoisotopic (exact) mass is 412 g/mol. The summed E-state index contributed by atoms with van der Waals surface area (Å²) in [5, 5.41) is 3.18. The molecule has 0 radical (unpaired) electrons. The van der Waals surface area contributed by atoms with Crippen LogP contribution in [0, 0.1) is 0 Å². The largest absolute Gasteiger partial charge is 0.467 e. The predicted octanol–water partition coefficient (Wildman–Crippen LogP) is 3.65. The summed E-state index contributed by atoms with van der Waals surface area (Å²) in [7, 11) is 1.97. The van der Waals surface area contributed by atoms with Gasteiger partial charge in [-0.1, -0.05) is 19.3 Å². The maximum absolute atomic E-state index is 13.3. The summed E-state index contributed by atoms with van der Waals surface area (Å²) in [6.07, 6.45) is 11.2. The Hall–Kier alpha value is -2.70. The Bertz CT molecular complexity index is 835. The molecule has 0 atom stereocenters. The van der Waals surface area contributed by atoms with Gasteiger partial charge in [-0.15, -0.1) is 0 Å². The van der Waals surface area contributed by atoms with Gasteiger partial charge in [0.2, 0.25) is 5.91 Å². The summed E-state index contributed by atoms with van der Waals surface area (Å²) in [5.74, 6) is 0.681. The molecule has 7 heteroatoms. The molecule has 0 bridgehead atoms. The minimum atomic E-state index is -0.0884. The first-order valence-corrected chi connectivity index (χ1v) is 11.1. The molecule has 0 aromatic carbocycles. The van der Waals surface area contributed by atoms with Crippen LogP contribution in [0.25, 0.3) is 0 Å². The van der Waals surface area contributed by atoms with E-state index in [2.05, 4.69) is 5.32 Å². The Morgan fingerprint density at radius 3 is 2.53 bits per heavy atom. The van der Waals surface area contributed by atoms with Crippen molar-refractivity contribution in [1.29, 1.82) is 0 Å². The Kier molecular flexibility index (Phi) is 6.45. The molecule has 7 nitrogen and oxygen atoms in total. The lowest BCUT2D eigenvalue weighted by molar-refractivity contribution is -0.133. The highest BCUT2D eigenvalue weighted by molar-refractivity contribution is 5.84. The Labute approximate surface area is 178 Å². The van der Waals surface area contributed by atoms with E-state index in [4.69, 9.17) is 4.42 Å². The van der Waals surface area contributed by atoms with E-state index in [0.717, 1.165) is 37.1 Å². The van der Waals surface area contributed by atoms with E-state index < -0.39 is 0 Å². The molecule has 30 heavy (non-hydrogen) atoms. The number of aromatic nitrogens is 1. The number of hydrogen-bond acceptors (Lipinski definition) is 3. The van der Waals surface area contributed by atoms with Crippen LogP contribution >= 0.6 is 0 Å². The molecule has 0 spiro atoms. The lowest BCUT2D eigenvalue weighted by atomic mass is 9.96. The molecule has 0 unspecified atom stereocenters. The molecule has 2 saturated carbocycles. The molecule has 2 aromatic heterocycles. The maximum atomic E-state index is 13.3. The fraction of sp³-hybridized carbons (Fsp3) is 0.565. The van der Waals surface area contributed by atoms with Crippen molar-refractivity contribution in [3.05, 3.63) is 48.2 Å². The van der Waals surface area contributed by atoms with Crippen molar-refractivity contribution in [3.63, 3.8) is 0 Å². The Morgan fingerprint density at radius 1 is 1.10 bits per heavy atom. The van der Waals surface area contributed by atoms with Crippen molar-refractivity contribution in [3.8, 4) is 0 Å². The average Bonchev–Trinajstić information content (AvgIpc) is 3.30. The third kappa shape index (κ3) is 5.26. The number of carbonyl (C=O) groups excluding carboxylic acids is 2. The van der Waals surface area contributed by atoms with Gasteiger partial charge in [0.05, 0.1) is 19.4 Å². The Morgan fingerprint density at radius 2 is 1.90 bits per heavy atom. The lowest BCUT2D eigenvalue weighted by Gasteiger charge is -2.30. The third-order valence-corrected chi connectivity index (χ3v) is 6.17. The van der Waals surface area contributed by atoms with Crippen LogP contribution in [0.5, 0.6) is 0 Å². The third-order valence-electron chi connectivity index (χ3n) is 6.17. The zero-order valence-corrected chi connectivity index (χ0v) is 17.8. The number of furan rings is 1. The molecule has 162 valence electrons. The van der Waals surface area contributed by atoms with Crippen molar-refractivity contribution < 1.29 is 14.0 Å². The fourth-order valence-electron chi connectivity index (χ4n) is 4.18. The van der Waals surface area contributed by atoms with Crippen LogP contribution in [-0.2, 0) is 24.9 Å². The van der Waals surface area contributed by atoms with Gasteiger partial charge in [0.25, 0.3) is 0 Å². The van der Waals surface area contributed by atoms with Crippen molar-refractivity contribution in [2.45, 2.75) is 70.1 Å². The normalized spacial score (nSPS) is 17.0. The number of urea groups is 1. The summed E-state index contributed by atoms with van der Waals surface area (Å²) in [5.41, 5.74) is 1.04. The molecule has 0 aliphatic heterocycles. The molecule has 3 amide bonds. The summed E-state index contributed by atoms with van der Waals surface area (Å²) < 4.78 is 7.49. The summed E-state index contributed by atoms with van der Waals surface area (Å²) in [6.45, 7) is 0.972. The number of rotatable bonds is 8. The molecule has 4 rings (SSSR count). The topological polar surface area (TPSA) is 70.7 Å². The number of carbonyl (C=O) groups is 2. The van der Waals surface area contributed by atoms with Crippen LogP contribution in [0.4, 0.5) is 4.79 Å². The van der Waals surface area contributed by atoms with Crippen LogP contribution < -0.4 is 5.32 Å². The van der Waals surface area contributed by atoms with E-state index in [1.807, 2.05) is 42.1 Å². The molecule has 2 fully saturated rings. The first kappa shape index (κ1) is 20.6. The van der Waals surface area contributed by atoms with E-state index >= 15 is 0 Å². The first-order valence-electron chi connectivity index (χ1n) is 11.1. The highest BCUT2D eigenvalue weighted by atomic mass is 16.3. The first-order chi connectivity index (χ1) is 14.6. The SMILES string of the molecule is Cn1cccc1CN(Cc1ccco1)C(=O)CN(C(=O)NC1CCCCC1)C1CC1. The van der Waals surface area contributed by atoms with Gasteiger partial charge in [0.1, 0.15) is 12.3 Å². The van der Waals surface area contributed by atoms with E-state index in [-0.39, 0.29) is 30.6 Å². The van der Waals surface area contributed by atoms with Crippen molar-refractivity contribution in [2.75, 3.05) is 6.54 Å². The average molecular weight is 413 g/mol. The number of amides is 3. The second-order valence-corrected chi connectivity index (χ2v) is 8.58. The molecule has 1 N–H and O–H groups in total. The zero-order valence-electron chi connectivity index (χ0n) is 17.8. The molecule has 0 saturated heterocycles. The standard InChI is InChI=1S/C23H32N4O3/c1-25-13-5-9-20(25)15-26(16-21-10-6-14-30-21)22(28)17-27(19-11-12-19)23(29)24-18-7-3-2-4-8-18/h5-6,9-10,13-14,18-19H,2-4,7-8,11-12,15-17H2,1H3,(H,24,29). The number of nitrogens with zero attached hydrogens (tertiary/aromatic N) is 3. The lowest BCUT2D eigenvalue weighted by Crippen LogP contribution is -2.50. The van der Waals surface area contributed by atoms with Crippen LogP contribution in [0.2, 0.25) is 0 Å². The molecule has 2 heterocycles. The van der Waals surface area contributed by atoms with Crippen LogP contribution in [0.1, 0.15) is 56.4 Å². The molecule has 2 aliphatic rings. The van der Waals surface area contributed by atoms with Crippen molar-refractivity contribution in [1.82, 2.24) is 19.7 Å². The van der Waals surface area contributed by atoms with Crippen molar-refractivity contribution >= 4 is 11.9 Å². The minimum absolute atomic E-state index is 0.0571. The smallest absolute Gasteiger partial charge is 0.318 e. The molecular weight excluding hydrogens is 380 g/mol. The van der Waals surface area contributed by atoms with Crippen LogP contribution in [-0.4, -0.2) is 44.9 Å². The van der Waals surface area contributed by atoms with Gasteiger partial charge in [-0.05, 0) is 49.9 Å². The summed E-state index contributed by atoms with van der Waals surface area (Å²) >= 11 is 0. The second-order valence-electron chi connectivity index (χ2n) is 8.58. The minimum Gasteiger partial charge on any atom is -0.467 e. The maximum Gasteiger partial charge on any atom is 0.318 e. The van der Waals surface area contributed by atoms with Crippen molar-refractivity contribution in [2.24, 2.45) is 7.05 Å². The van der Waals surface area contributed by atoms with Crippen LogP contribution in [0.15, 0.2) is 41.1 Å². The van der Waals surface area contributed by atoms with Gasteiger partial charge in [-0.2, -0.15) is 0 Å². The quantitative estimate of drug-likeness (QED) is 0.719. The van der Waals surface area contributed by atoms with Gasteiger partial charge < -0.3 is 24.1 Å². The van der Waals surface area contributed by atoms with Gasteiger partial charge in [0.15, 0.2) is 0 Å². The Balaban J connectivity index is 1.43. The van der Waals surface area contributed by atoms with Gasteiger partial charge in [-0.25, -0.2) is 4.79 Å². The molecular formula is C23H32N4O3. The number of hydrogen-bond donors (Lipinski definition) is 1. The highest BCUT2D eigenvalue weighted by Gasteiger charge is 2.35. The summed E-state index contributed by atoms with van der Waals surface area (Å²) in [6, 6.07) is 8.02. The van der Waals surface area contributed by atoms with E-state index in [1.54, 1.807) is 16.1 Å². The molecule has 2 aromatic rings. The van der Waals surface area contributed by atoms with Gasteiger partial charge in [0, 0.05) is 31.0 Å². The second kappa shape index (κ2) is 9.41. The fourth-order valence-corrected chi connectivity index (χ4v) is 4.18. The summed E-state index contributed by atoms with van der Waals surface area (Å²) in [4.78, 5) is 29.8. The van der Waals surface area contributed by atoms with Crippen LogP contribution in [0.3, 0.4) is 0 Å². The number of nitrogens with one attached hydrogen (secondary N) is 1. The molecule has 2 aliphatic carbocycles. The van der Waals surface area contributed by atoms with E-state index in [1.165, 1.54) is 19.3 Å². The predicted molar refractivity (Wildman–Crippen MR) is 114 cm³/mol.